The van der Waals surface area contributed by atoms with Crippen molar-refractivity contribution in [2.75, 3.05) is 20.1 Å². The molecule has 4 nitrogen and oxygen atoms in total. The number of likely N-dealkylation sites (tertiary alicyclic amines) is 1. The molecule has 4 heteroatoms. The monoisotopic (exact) mass is 243 g/mol. The van der Waals surface area contributed by atoms with Crippen LogP contribution in [0, 0.1) is 0 Å². The molecule has 0 spiro atoms. The number of ether oxygens (including phenoxy) is 1. The number of hydrogen-bond acceptors (Lipinski definition) is 4. The number of fused-ring (bicyclic) bond motifs is 1. The van der Waals surface area contributed by atoms with E-state index in [0.717, 1.165) is 42.6 Å². The fraction of sp³-hybridized carbons (Fsp3) is 0.429. The normalized spacial score (nSPS) is 18.1. The van der Waals surface area contributed by atoms with Crippen LogP contribution in [0.15, 0.2) is 30.7 Å². The zero-order valence-electron chi connectivity index (χ0n) is 10.5. The lowest BCUT2D eigenvalue weighted by atomic mass is 10.1. The van der Waals surface area contributed by atoms with Crippen LogP contribution in [0.3, 0.4) is 0 Å². The van der Waals surface area contributed by atoms with Crippen molar-refractivity contribution < 1.29 is 4.74 Å². The van der Waals surface area contributed by atoms with Crippen molar-refractivity contribution in [1.82, 2.24) is 14.9 Å². The summed E-state index contributed by atoms with van der Waals surface area (Å²) in [5.41, 5.74) is 0.940. The van der Waals surface area contributed by atoms with Crippen LogP contribution in [-0.4, -0.2) is 41.1 Å². The molecule has 1 fully saturated rings. The molecular weight excluding hydrogens is 226 g/mol. The molecular formula is C14H17N3O. The summed E-state index contributed by atoms with van der Waals surface area (Å²) in [5.74, 6) is 0.905. The molecule has 1 saturated heterocycles. The van der Waals surface area contributed by atoms with Crippen LogP contribution in [0.5, 0.6) is 5.75 Å². The average molecular weight is 243 g/mol. The van der Waals surface area contributed by atoms with Crippen LogP contribution < -0.4 is 4.74 Å². The molecule has 0 radical (unpaired) electrons. The molecule has 1 aliphatic rings. The Morgan fingerprint density at radius 2 is 2.11 bits per heavy atom. The van der Waals surface area contributed by atoms with Gasteiger partial charge >= 0.3 is 0 Å². The lowest BCUT2D eigenvalue weighted by molar-refractivity contribution is 0.115. The molecule has 0 aliphatic carbocycles. The third-order valence-corrected chi connectivity index (χ3v) is 3.47. The second kappa shape index (κ2) is 4.90. The Balaban J connectivity index is 1.82. The number of benzene rings is 1. The molecule has 3 rings (SSSR count). The third kappa shape index (κ3) is 2.29. The van der Waals surface area contributed by atoms with E-state index in [1.54, 1.807) is 6.33 Å². The zero-order chi connectivity index (χ0) is 12.4. The van der Waals surface area contributed by atoms with Crippen molar-refractivity contribution in [3.8, 4) is 5.75 Å². The van der Waals surface area contributed by atoms with E-state index in [9.17, 15) is 0 Å². The van der Waals surface area contributed by atoms with Gasteiger partial charge in [-0.25, -0.2) is 9.97 Å². The van der Waals surface area contributed by atoms with E-state index in [1.165, 1.54) is 0 Å². The first-order valence-corrected chi connectivity index (χ1v) is 6.37. The van der Waals surface area contributed by atoms with E-state index >= 15 is 0 Å². The molecule has 94 valence electrons. The van der Waals surface area contributed by atoms with Crippen molar-refractivity contribution >= 4 is 10.9 Å². The molecule has 2 aromatic rings. The summed E-state index contributed by atoms with van der Waals surface area (Å²) < 4.78 is 6.11. The summed E-state index contributed by atoms with van der Waals surface area (Å²) in [6.07, 6.45) is 5.88. The van der Waals surface area contributed by atoms with Gasteiger partial charge in [-0.2, -0.15) is 0 Å². The van der Waals surface area contributed by atoms with E-state index < -0.39 is 0 Å². The second-order valence-electron chi connectivity index (χ2n) is 4.83. The van der Waals surface area contributed by atoms with E-state index in [2.05, 4.69) is 21.9 Å². The highest BCUT2D eigenvalue weighted by Crippen LogP contribution is 2.26. The van der Waals surface area contributed by atoms with Crippen molar-refractivity contribution in [3.63, 3.8) is 0 Å². The first-order chi connectivity index (χ1) is 8.83. The molecule has 0 atom stereocenters. The first-order valence-electron chi connectivity index (χ1n) is 6.37. The molecule has 1 aliphatic heterocycles. The van der Waals surface area contributed by atoms with Crippen molar-refractivity contribution in [1.29, 1.82) is 0 Å². The summed E-state index contributed by atoms with van der Waals surface area (Å²) in [6, 6.07) is 5.97. The zero-order valence-corrected chi connectivity index (χ0v) is 10.5. The highest BCUT2D eigenvalue weighted by atomic mass is 16.5. The highest BCUT2D eigenvalue weighted by molar-refractivity contribution is 5.83. The average Bonchev–Trinajstić information content (AvgIpc) is 2.42. The smallest absolute Gasteiger partial charge is 0.130 e. The minimum Gasteiger partial charge on any atom is -0.490 e. The molecule has 0 unspecified atom stereocenters. The Bertz CT molecular complexity index is 530. The minimum atomic E-state index is 0.312. The molecule has 1 aromatic heterocycles. The summed E-state index contributed by atoms with van der Waals surface area (Å²) in [4.78, 5) is 10.7. The lowest BCUT2D eigenvalue weighted by Crippen LogP contribution is -2.35. The Labute approximate surface area is 107 Å². The van der Waals surface area contributed by atoms with Crippen LogP contribution in [0.25, 0.3) is 10.9 Å². The number of hydrogen-bond donors (Lipinski definition) is 0. The van der Waals surface area contributed by atoms with Crippen molar-refractivity contribution in [2.24, 2.45) is 0 Å². The highest BCUT2D eigenvalue weighted by Gasteiger charge is 2.18. The minimum absolute atomic E-state index is 0.312. The standard InChI is InChI=1S/C14H17N3O/c1-17-7-5-11(6-8-17)18-14-4-2-3-13-12(14)9-15-10-16-13/h2-4,9-11H,5-8H2,1H3. The maximum absolute atomic E-state index is 6.11. The van der Waals surface area contributed by atoms with Crippen molar-refractivity contribution in [3.05, 3.63) is 30.7 Å². The van der Waals surface area contributed by atoms with E-state index in [-0.39, 0.29) is 0 Å². The fourth-order valence-electron chi connectivity index (χ4n) is 2.36. The predicted octanol–water partition coefficient (Wildman–Crippen LogP) is 2.10. The molecule has 0 amide bonds. The first kappa shape index (κ1) is 11.4. The number of piperidine rings is 1. The number of aromatic nitrogens is 2. The summed E-state index contributed by atoms with van der Waals surface area (Å²) in [6.45, 7) is 2.21. The van der Waals surface area contributed by atoms with Gasteiger partial charge in [0.05, 0.1) is 10.9 Å². The van der Waals surface area contributed by atoms with Crippen LogP contribution in [0.4, 0.5) is 0 Å². The fourth-order valence-corrected chi connectivity index (χ4v) is 2.36. The molecule has 1 aromatic carbocycles. The Kier molecular flexibility index (Phi) is 3.11. The summed E-state index contributed by atoms with van der Waals surface area (Å²) in [7, 11) is 2.15. The molecule has 18 heavy (non-hydrogen) atoms. The summed E-state index contributed by atoms with van der Waals surface area (Å²) in [5, 5.41) is 0.999. The summed E-state index contributed by atoms with van der Waals surface area (Å²) >= 11 is 0. The Morgan fingerprint density at radius 3 is 2.94 bits per heavy atom. The van der Waals surface area contributed by atoms with E-state index in [0.29, 0.717) is 6.10 Å². The largest absolute Gasteiger partial charge is 0.490 e. The molecule has 2 heterocycles. The second-order valence-corrected chi connectivity index (χ2v) is 4.83. The molecule has 0 bridgehead atoms. The van der Waals surface area contributed by atoms with Crippen LogP contribution in [0.2, 0.25) is 0 Å². The van der Waals surface area contributed by atoms with Gasteiger partial charge in [0.25, 0.3) is 0 Å². The molecule has 0 N–H and O–H groups in total. The van der Waals surface area contributed by atoms with Gasteiger partial charge < -0.3 is 9.64 Å². The number of rotatable bonds is 2. The lowest BCUT2D eigenvalue weighted by Gasteiger charge is -2.29. The van der Waals surface area contributed by atoms with Crippen molar-refractivity contribution in [2.45, 2.75) is 18.9 Å². The third-order valence-electron chi connectivity index (χ3n) is 3.47. The van der Waals surface area contributed by atoms with Gasteiger partial charge in [0.2, 0.25) is 0 Å². The van der Waals surface area contributed by atoms with Gasteiger partial charge in [-0.3, -0.25) is 0 Å². The Hall–Kier alpha value is -1.68. The molecule has 0 saturated carbocycles. The van der Waals surface area contributed by atoms with Crippen LogP contribution in [-0.2, 0) is 0 Å². The topological polar surface area (TPSA) is 38.2 Å². The van der Waals surface area contributed by atoms with Gasteiger partial charge in [-0.15, -0.1) is 0 Å². The van der Waals surface area contributed by atoms with Gasteiger partial charge in [0.1, 0.15) is 18.2 Å². The SMILES string of the molecule is CN1CCC(Oc2cccc3ncncc23)CC1. The van der Waals surface area contributed by atoms with Crippen LogP contribution >= 0.6 is 0 Å². The number of nitrogens with zero attached hydrogens (tertiary/aromatic N) is 3. The van der Waals surface area contributed by atoms with Gasteiger partial charge in [0.15, 0.2) is 0 Å². The Morgan fingerprint density at radius 1 is 1.28 bits per heavy atom. The maximum Gasteiger partial charge on any atom is 0.130 e. The predicted molar refractivity (Wildman–Crippen MR) is 70.7 cm³/mol. The van der Waals surface area contributed by atoms with Gasteiger partial charge in [-0.05, 0) is 32.0 Å². The maximum atomic E-state index is 6.11. The van der Waals surface area contributed by atoms with Crippen LogP contribution in [0.1, 0.15) is 12.8 Å². The van der Waals surface area contributed by atoms with Gasteiger partial charge in [-0.1, -0.05) is 6.07 Å². The quantitative estimate of drug-likeness (QED) is 0.809. The van der Waals surface area contributed by atoms with E-state index in [4.69, 9.17) is 4.74 Å². The van der Waals surface area contributed by atoms with Gasteiger partial charge in [0, 0.05) is 19.3 Å². The van der Waals surface area contributed by atoms with E-state index in [1.807, 2.05) is 24.4 Å².